The van der Waals surface area contributed by atoms with E-state index in [2.05, 4.69) is 5.32 Å². The Morgan fingerprint density at radius 1 is 0.944 bits per heavy atom. The molecule has 0 saturated heterocycles. The Morgan fingerprint density at radius 3 is 2.44 bits per heavy atom. The molecule has 5 rings (SSSR count). The maximum absolute atomic E-state index is 14.0. The Kier molecular flexibility index (Phi) is 7.42. The molecule has 4 nitrogen and oxygen atoms in total. The second kappa shape index (κ2) is 11.0. The van der Waals surface area contributed by atoms with Crippen LogP contribution >= 0.6 is 11.3 Å². The molecule has 3 aromatic carbocycles. The van der Waals surface area contributed by atoms with Crippen molar-refractivity contribution < 1.29 is 14.0 Å². The molecule has 0 aliphatic heterocycles. The van der Waals surface area contributed by atoms with Gasteiger partial charge in [-0.1, -0.05) is 67.8 Å². The number of rotatable bonds is 7. The van der Waals surface area contributed by atoms with E-state index < -0.39 is 6.04 Å². The van der Waals surface area contributed by atoms with Crippen LogP contribution < -0.4 is 10.2 Å². The van der Waals surface area contributed by atoms with E-state index >= 15 is 0 Å². The number of carbonyl (C=O) groups excluding carboxylic acids is 2. The average Bonchev–Trinajstić information content (AvgIpc) is 3.41. The number of hydrogen-bond donors (Lipinski definition) is 1. The number of nitrogens with one attached hydrogen (secondary N) is 1. The van der Waals surface area contributed by atoms with Gasteiger partial charge in [-0.25, -0.2) is 4.39 Å². The first kappa shape index (κ1) is 24.2. The van der Waals surface area contributed by atoms with Gasteiger partial charge in [0.2, 0.25) is 11.8 Å². The fourth-order valence-corrected chi connectivity index (χ4v) is 5.75. The predicted molar refractivity (Wildman–Crippen MR) is 144 cm³/mol. The lowest BCUT2D eigenvalue weighted by molar-refractivity contribution is -0.127. The molecule has 36 heavy (non-hydrogen) atoms. The van der Waals surface area contributed by atoms with Crippen molar-refractivity contribution in [3.05, 3.63) is 101 Å². The molecule has 0 radical (unpaired) electrons. The van der Waals surface area contributed by atoms with Gasteiger partial charge in [-0.15, -0.1) is 0 Å². The molecule has 1 heterocycles. The van der Waals surface area contributed by atoms with Crippen molar-refractivity contribution in [3.8, 4) is 0 Å². The molecule has 0 bridgehead atoms. The third-order valence-corrected chi connectivity index (χ3v) is 7.61. The van der Waals surface area contributed by atoms with Crippen LogP contribution in [0.2, 0.25) is 0 Å². The van der Waals surface area contributed by atoms with Crippen molar-refractivity contribution in [2.24, 2.45) is 0 Å². The van der Waals surface area contributed by atoms with Gasteiger partial charge in [0.15, 0.2) is 0 Å². The van der Waals surface area contributed by atoms with Gasteiger partial charge in [0.1, 0.15) is 11.9 Å². The molecular formula is C30H29FN2O2S. The molecule has 2 amide bonds. The van der Waals surface area contributed by atoms with Crippen LogP contribution in [0.4, 0.5) is 10.1 Å². The summed E-state index contributed by atoms with van der Waals surface area (Å²) in [6, 6.07) is 20.6. The molecule has 6 heteroatoms. The molecule has 1 aliphatic carbocycles. The van der Waals surface area contributed by atoms with Crippen molar-refractivity contribution in [3.63, 3.8) is 0 Å². The van der Waals surface area contributed by atoms with Gasteiger partial charge in [-0.2, -0.15) is 11.3 Å². The van der Waals surface area contributed by atoms with E-state index in [9.17, 15) is 14.0 Å². The molecule has 1 unspecified atom stereocenters. The average molecular weight is 501 g/mol. The Morgan fingerprint density at radius 2 is 1.69 bits per heavy atom. The number of benzene rings is 3. The minimum atomic E-state index is -0.926. The van der Waals surface area contributed by atoms with Crippen LogP contribution in [-0.2, 0) is 16.0 Å². The minimum Gasteiger partial charge on any atom is -0.351 e. The van der Waals surface area contributed by atoms with Crippen molar-refractivity contribution in [1.29, 1.82) is 0 Å². The van der Waals surface area contributed by atoms with E-state index in [1.54, 1.807) is 17.0 Å². The largest absolute Gasteiger partial charge is 0.351 e. The van der Waals surface area contributed by atoms with Crippen molar-refractivity contribution in [2.45, 2.75) is 50.6 Å². The molecule has 4 aromatic rings. The normalized spacial score (nSPS) is 14.9. The standard InChI is InChI=1S/C30H29FN2O2S/c31-24-15-13-23(14-16-24)29(30(35)32-25-9-2-1-3-10-25)33(28(34)19-21-17-18-36-20-21)27-12-6-8-22-7-4-5-11-26(22)27/h4-8,11-18,20,25,29H,1-3,9-10,19H2,(H,32,35). The summed E-state index contributed by atoms with van der Waals surface area (Å²) in [5, 5.41) is 8.98. The van der Waals surface area contributed by atoms with E-state index in [0.717, 1.165) is 42.0 Å². The Bertz CT molecular complexity index is 1330. The summed E-state index contributed by atoms with van der Waals surface area (Å²) in [5.74, 6) is -0.801. The summed E-state index contributed by atoms with van der Waals surface area (Å²) >= 11 is 1.54. The van der Waals surface area contributed by atoms with Gasteiger partial charge < -0.3 is 5.32 Å². The summed E-state index contributed by atoms with van der Waals surface area (Å²) in [6.07, 6.45) is 5.36. The zero-order chi connectivity index (χ0) is 24.9. The number of anilines is 1. The van der Waals surface area contributed by atoms with Crippen LogP contribution in [0.15, 0.2) is 83.6 Å². The number of halogens is 1. The zero-order valence-corrected chi connectivity index (χ0v) is 20.8. The lowest BCUT2D eigenvalue weighted by Crippen LogP contribution is -2.47. The second-order valence-electron chi connectivity index (χ2n) is 9.37. The first-order valence-corrected chi connectivity index (χ1v) is 13.4. The van der Waals surface area contributed by atoms with Gasteiger partial charge in [-0.05, 0) is 64.4 Å². The highest BCUT2D eigenvalue weighted by atomic mass is 32.1. The maximum atomic E-state index is 14.0. The summed E-state index contributed by atoms with van der Waals surface area (Å²) < 4.78 is 13.9. The number of thiophene rings is 1. The van der Waals surface area contributed by atoms with Gasteiger partial charge in [0.25, 0.3) is 0 Å². The summed E-state index contributed by atoms with van der Waals surface area (Å²) in [7, 11) is 0. The van der Waals surface area contributed by atoms with Crippen LogP contribution in [-0.4, -0.2) is 17.9 Å². The van der Waals surface area contributed by atoms with Crippen molar-refractivity contribution in [1.82, 2.24) is 5.32 Å². The topological polar surface area (TPSA) is 49.4 Å². The monoisotopic (exact) mass is 500 g/mol. The number of hydrogen-bond acceptors (Lipinski definition) is 3. The zero-order valence-electron chi connectivity index (χ0n) is 20.0. The van der Waals surface area contributed by atoms with Crippen molar-refractivity contribution >= 4 is 39.6 Å². The predicted octanol–water partition coefficient (Wildman–Crippen LogP) is 6.81. The number of carbonyl (C=O) groups is 2. The Labute approximate surface area is 214 Å². The molecular weight excluding hydrogens is 471 g/mol. The van der Waals surface area contributed by atoms with E-state index in [-0.39, 0.29) is 30.1 Å². The SMILES string of the molecule is O=C(NC1CCCCC1)C(c1ccc(F)cc1)N(C(=O)Cc1ccsc1)c1cccc2ccccc12. The molecule has 1 fully saturated rings. The van der Waals surface area contributed by atoms with Gasteiger partial charge in [0.05, 0.1) is 12.1 Å². The lowest BCUT2D eigenvalue weighted by Gasteiger charge is -2.34. The second-order valence-corrected chi connectivity index (χ2v) is 10.1. The smallest absolute Gasteiger partial charge is 0.248 e. The molecule has 1 aliphatic rings. The molecule has 1 aromatic heterocycles. The van der Waals surface area contributed by atoms with Crippen LogP contribution in [0.5, 0.6) is 0 Å². The molecule has 0 spiro atoms. The van der Waals surface area contributed by atoms with E-state index in [0.29, 0.717) is 11.3 Å². The van der Waals surface area contributed by atoms with Crippen LogP contribution in [0, 0.1) is 5.82 Å². The van der Waals surface area contributed by atoms with Crippen LogP contribution in [0.3, 0.4) is 0 Å². The lowest BCUT2D eigenvalue weighted by atomic mass is 9.94. The van der Waals surface area contributed by atoms with E-state index in [1.807, 2.05) is 59.3 Å². The third kappa shape index (κ3) is 5.34. The van der Waals surface area contributed by atoms with Gasteiger partial charge >= 0.3 is 0 Å². The first-order chi connectivity index (χ1) is 17.6. The van der Waals surface area contributed by atoms with Crippen LogP contribution in [0.25, 0.3) is 10.8 Å². The highest BCUT2D eigenvalue weighted by Gasteiger charge is 2.34. The fourth-order valence-electron chi connectivity index (χ4n) is 5.08. The summed E-state index contributed by atoms with van der Waals surface area (Å²) in [4.78, 5) is 29.6. The van der Waals surface area contributed by atoms with Crippen LogP contribution in [0.1, 0.15) is 49.3 Å². The molecule has 184 valence electrons. The first-order valence-electron chi connectivity index (χ1n) is 12.5. The van der Waals surface area contributed by atoms with Crippen molar-refractivity contribution in [2.75, 3.05) is 4.90 Å². The number of fused-ring (bicyclic) bond motifs is 1. The van der Waals surface area contributed by atoms with Gasteiger partial charge in [0, 0.05) is 11.4 Å². The van der Waals surface area contributed by atoms with E-state index in [1.165, 1.54) is 29.9 Å². The fraction of sp³-hybridized carbons (Fsp3) is 0.267. The third-order valence-electron chi connectivity index (χ3n) is 6.87. The minimum absolute atomic E-state index is 0.0792. The number of amides is 2. The highest BCUT2D eigenvalue weighted by molar-refractivity contribution is 7.08. The summed E-state index contributed by atoms with van der Waals surface area (Å²) in [6.45, 7) is 0. The van der Waals surface area contributed by atoms with Gasteiger partial charge in [-0.3, -0.25) is 14.5 Å². The Balaban J connectivity index is 1.62. The quantitative estimate of drug-likeness (QED) is 0.303. The number of nitrogens with zero attached hydrogens (tertiary/aromatic N) is 1. The molecule has 1 atom stereocenters. The molecule has 1 saturated carbocycles. The summed E-state index contributed by atoms with van der Waals surface area (Å²) in [5.41, 5.74) is 2.15. The molecule has 1 N–H and O–H groups in total. The Hall–Kier alpha value is -3.51. The highest BCUT2D eigenvalue weighted by Crippen LogP contribution is 2.35. The van der Waals surface area contributed by atoms with E-state index in [4.69, 9.17) is 0 Å². The maximum Gasteiger partial charge on any atom is 0.248 e.